The highest BCUT2D eigenvalue weighted by Crippen LogP contribution is 2.12. The van der Waals surface area contributed by atoms with Crippen molar-refractivity contribution in [2.75, 3.05) is 17.6 Å². The number of carbonyl (C=O) groups is 3. The number of rotatable bonds is 7. The molecule has 31 heavy (non-hydrogen) atoms. The predicted octanol–water partition coefficient (Wildman–Crippen LogP) is 1.26. The van der Waals surface area contributed by atoms with Gasteiger partial charge in [-0.2, -0.15) is 0 Å². The topological polar surface area (TPSA) is 146 Å². The van der Waals surface area contributed by atoms with E-state index in [4.69, 9.17) is 5.73 Å². The zero-order valence-electron chi connectivity index (χ0n) is 16.5. The van der Waals surface area contributed by atoms with Gasteiger partial charge in [0.1, 0.15) is 5.69 Å². The zero-order valence-corrected chi connectivity index (χ0v) is 16.5. The van der Waals surface area contributed by atoms with Crippen molar-refractivity contribution in [3.63, 3.8) is 0 Å². The zero-order chi connectivity index (χ0) is 22.2. The molecule has 1 aromatic heterocycles. The maximum atomic E-state index is 12.3. The fraction of sp³-hybridized carbons (Fsp3) is 0.0909. The largest absolute Gasteiger partial charge is 0.399 e. The number of aromatic nitrogens is 1. The van der Waals surface area contributed by atoms with Gasteiger partial charge in [0, 0.05) is 29.5 Å². The van der Waals surface area contributed by atoms with Crippen molar-refractivity contribution in [2.24, 2.45) is 0 Å². The van der Waals surface area contributed by atoms with Crippen LogP contribution >= 0.6 is 0 Å². The van der Waals surface area contributed by atoms with Crippen molar-refractivity contribution in [2.45, 2.75) is 6.54 Å². The second-order valence-electron chi connectivity index (χ2n) is 6.67. The van der Waals surface area contributed by atoms with Gasteiger partial charge in [-0.25, -0.2) is 0 Å². The molecule has 0 saturated heterocycles. The fourth-order valence-electron chi connectivity index (χ4n) is 2.76. The van der Waals surface area contributed by atoms with Crippen LogP contribution in [0.2, 0.25) is 0 Å². The number of anilines is 2. The highest BCUT2D eigenvalue weighted by Gasteiger charge is 2.10. The molecule has 9 heteroatoms. The lowest BCUT2D eigenvalue weighted by molar-refractivity contribution is -0.120. The van der Waals surface area contributed by atoms with Crippen LogP contribution in [-0.2, 0) is 11.3 Å². The maximum Gasteiger partial charge on any atom is 0.272 e. The van der Waals surface area contributed by atoms with Gasteiger partial charge in [-0.15, -0.1) is 0 Å². The molecule has 3 aromatic rings. The minimum absolute atomic E-state index is 0.0397. The Bertz CT molecular complexity index is 1160. The van der Waals surface area contributed by atoms with Crippen LogP contribution in [0, 0.1) is 0 Å². The molecule has 0 spiro atoms. The van der Waals surface area contributed by atoms with Crippen molar-refractivity contribution in [3.05, 3.63) is 93.9 Å². The van der Waals surface area contributed by atoms with Crippen LogP contribution in [0.25, 0.3) is 0 Å². The van der Waals surface area contributed by atoms with E-state index < -0.39 is 11.5 Å². The summed E-state index contributed by atoms with van der Waals surface area (Å²) in [6, 6.07) is 18.0. The van der Waals surface area contributed by atoms with Crippen LogP contribution in [0.15, 0.2) is 71.5 Å². The Hall–Kier alpha value is -4.40. The lowest BCUT2D eigenvalue weighted by Gasteiger charge is -2.10. The Kier molecular flexibility index (Phi) is 6.79. The first-order valence-corrected chi connectivity index (χ1v) is 9.41. The summed E-state index contributed by atoms with van der Waals surface area (Å²) in [7, 11) is 0. The van der Waals surface area contributed by atoms with Gasteiger partial charge in [-0.05, 0) is 35.9 Å². The molecule has 0 aliphatic rings. The van der Waals surface area contributed by atoms with Gasteiger partial charge in [0.25, 0.3) is 17.4 Å². The van der Waals surface area contributed by atoms with E-state index in [1.54, 1.807) is 54.6 Å². The molecular weight excluding hydrogens is 398 g/mol. The summed E-state index contributed by atoms with van der Waals surface area (Å²) in [6.07, 6.45) is 0. The lowest BCUT2D eigenvalue weighted by atomic mass is 10.2. The Morgan fingerprint density at radius 1 is 0.871 bits per heavy atom. The monoisotopic (exact) mass is 419 g/mol. The number of nitrogens with two attached hydrogens (primary N) is 1. The minimum atomic E-state index is -0.519. The lowest BCUT2D eigenvalue weighted by Crippen LogP contribution is -2.36. The van der Waals surface area contributed by atoms with Crippen LogP contribution in [0.5, 0.6) is 0 Å². The standard InChI is InChI=1S/C22H21N5O4/c23-16-10-18(27-19(28)11-16)22(31)26-17-8-4-5-14(9-17)12-24-20(29)13-25-21(30)15-6-2-1-3-7-15/h1-11H,12-13H2,(H,24,29)(H,25,30)(H,26,31)(H3,23,27,28). The molecule has 0 saturated carbocycles. The summed E-state index contributed by atoms with van der Waals surface area (Å²) in [4.78, 5) is 50.2. The van der Waals surface area contributed by atoms with Gasteiger partial charge in [-0.1, -0.05) is 30.3 Å². The second kappa shape index (κ2) is 9.88. The Morgan fingerprint density at radius 3 is 2.39 bits per heavy atom. The molecule has 3 amide bonds. The molecule has 3 rings (SSSR count). The first-order valence-electron chi connectivity index (χ1n) is 9.41. The van der Waals surface area contributed by atoms with Gasteiger partial charge in [0.2, 0.25) is 5.91 Å². The van der Waals surface area contributed by atoms with E-state index in [0.29, 0.717) is 11.3 Å². The van der Waals surface area contributed by atoms with Crippen LogP contribution < -0.4 is 27.2 Å². The normalized spacial score (nSPS) is 10.2. The third kappa shape index (κ3) is 6.29. The van der Waals surface area contributed by atoms with Crippen molar-refractivity contribution in [3.8, 4) is 0 Å². The van der Waals surface area contributed by atoms with E-state index in [1.807, 2.05) is 0 Å². The molecule has 0 aliphatic carbocycles. The summed E-state index contributed by atoms with van der Waals surface area (Å²) in [5.74, 6) is -1.20. The highest BCUT2D eigenvalue weighted by molar-refractivity contribution is 6.03. The number of nitrogens with one attached hydrogen (secondary N) is 4. The van der Waals surface area contributed by atoms with Gasteiger partial charge < -0.3 is 26.7 Å². The maximum absolute atomic E-state index is 12.3. The van der Waals surface area contributed by atoms with Crippen molar-refractivity contribution in [1.29, 1.82) is 0 Å². The summed E-state index contributed by atoms with van der Waals surface area (Å²) < 4.78 is 0. The number of hydrogen-bond donors (Lipinski definition) is 5. The predicted molar refractivity (Wildman–Crippen MR) is 116 cm³/mol. The van der Waals surface area contributed by atoms with Crippen LogP contribution in [0.4, 0.5) is 11.4 Å². The number of aromatic amines is 1. The summed E-state index contributed by atoms with van der Waals surface area (Å²) in [6.45, 7) is 0.0474. The highest BCUT2D eigenvalue weighted by atomic mass is 16.2. The number of hydrogen-bond acceptors (Lipinski definition) is 5. The van der Waals surface area contributed by atoms with Crippen LogP contribution in [0.3, 0.4) is 0 Å². The molecule has 0 aliphatic heterocycles. The Balaban J connectivity index is 1.52. The summed E-state index contributed by atoms with van der Waals surface area (Å²) in [5.41, 5.74) is 7.04. The fourth-order valence-corrected chi connectivity index (χ4v) is 2.76. The first kappa shape index (κ1) is 21.3. The van der Waals surface area contributed by atoms with Gasteiger partial charge in [-0.3, -0.25) is 19.2 Å². The van der Waals surface area contributed by atoms with Gasteiger partial charge in [0.05, 0.1) is 6.54 Å². The molecule has 0 bridgehead atoms. The number of carbonyl (C=O) groups excluding carboxylic acids is 3. The molecule has 6 N–H and O–H groups in total. The molecule has 158 valence electrons. The van der Waals surface area contributed by atoms with E-state index >= 15 is 0 Å². The molecule has 0 unspecified atom stereocenters. The van der Waals surface area contributed by atoms with Crippen molar-refractivity contribution in [1.82, 2.24) is 15.6 Å². The average Bonchev–Trinajstić information content (AvgIpc) is 2.76. The number of benzene rings is 2. The van der Waals surface area contributed by atoms with Crippen molar-refractivity contribution >= 4 is 29.1 Å². The average molecular weight is 419 g/mol. The van der Waals surface area contributed by atoms with Crippen LogP contribution in [0.1, 0.15) is 26.4 Å². The number of amides is 3. The Morgan fingerprint density at radius 2 is 1.65 bits per heavy atom. The molecule has 9 nitrogen and oxygen atoms in total. The third-order valence-electron chi connectivity index (χ3n) is 4.23. The van der Waals surface area contributed by atoms with E-state index in [1.165, 1.54) is 12.1 Å². The summed E-state index contributed by atoms with van der Waals surface area (Å²) >= 11 is 0. The molecular formula is C22H21N5O4. The SMILES string of the molecule is Nc1cc(C(=O)Nc2cccc(CNC(=O)CNC(=O)c3ccccc3)c2)[nH]c(=O)c1. The van der Waals surface area contributed by atoms with Crippen molar-refractivity contribution < 1.29 is 14.4 Å². The summed E-state index contributed by atoms with van der Waals surface area (Å²) in [5, 5.41) is 7.92. The first-order chi connectivity index (χ1) is 14.9. The van der Waals surface area contributed by atoms with E-state index in [2.05, 4.69) is 20.9 Å². The van der Waals surface area contributed by atoms with Crippen LogP contribution in [-0.4, -0.2) is 29.3 Å². The van der Waals surface area contributed by atoms with E-state index in [-0.39, 0.29) is 36.3 Å². The molecule has 1 heterocycles. The molecule has 0 atom stereocenters. The quantitative estimate of drug-likeness (QED) is 0.391. The molecule has 0 fully saturated rings. The van der Waals surface area contributed by atoms with Gasteiger partial charge >= 0.3 is 0 Å². The third-order valence-corrected chi connectivity index (χ3v) is 4.23. The number of pyridine rings is 1. The number of H-pyrrole nitrogens is 1. The van der Waals surface area contributed by atoms with E-state index in [9.17, 15) is 19.2 Å². The van der Waals surface area contributed by atoms with Gasteiger partial charge in [0.15, 0.2) is 0 Å². The minimum Gasteiger partial charge on any atom is -0.399 e. The number of nitrogen functional groups attached to an aromatic ring is 1. The second-order valence-corrected chi connectivity index (χ2v) is 6.67. The van der Waals surface area contributed by atoms with E-state index in [0.717, 1.165) is 5.56 Å². The molecule has 0 radical (unpaired) electrons. The Labute approximate surface area is 177 Å². The molecule has 2 aromatic carbocycles. The smallest absolute Gasteiger partial charge is 0.272 e.